The molecule has 6 heterocycles. The van der Waals surface area contributed by atoms with Crippen molar-refractivity contribution in [3.8, 4) is 124 Å². The molecule has 0 aliphatic rings. The SMILES string of the molecule is c1ccc(-c2cccc(-c3nc(-c4ccc(-c5nc6ccccc6c6c5ccc5nsnc56)cc4)nc(-c4cccc(-c5ccccc5)c4)n3)c2)cc1.c1ccc(-c2cccc(-c3nc(-c4ccccc4)nc(-c4ccc(-c5nc6ccccc6c6c5ccc5nsnc56)cc4)n3)c2)cc1. The number of nitrogens with zero attached hydrogens (tertiary/aromatic N) is 12. The zero-order valence-corrected chi connectivity index (χ0v) is 54.8. The van der Waals surface area contributed by atoms with Gasteiger partial charge in [0, 0.05) is 76.8 Å². The van der Waals surface area contributed by atoms with Gasteiger partial charge < -0.3 is 0 Å². The lowest BCUT2D eigenvalue weighted by Crippen LogP contribution is -2.00. The summed E-state index contributed by atoms with van der Waals surface area (Å²) in [4.78, 5) is 40.4. The van der Waals surface area contributed by atoms with Crippen LogP contribution in [0.5, 0.6) is 0 Å². The van der Waals surface area contributed by atoms with Crippen LogP contribution in [-0.2, 0) is 0 Å². The average molecular weight is 1320 g/mol. The van der Waals surface area contributed by atoms with Crippen molar-refractivity contribution < 1.29 is 0 Å². The molecule has 0 amide bonds. The minimum Gasteiger partial charge on any atom is -0.247 e. The Kier molecular flexibility index (Phi) is 15.3. The van der Waals surface area contributed by atoms with Crippen LogP contribution in [0.2, 0.25) is 0 Å². The predicted molar refractivity (Wildman–Crippen MR) is 407 cm³/mol. The topological polar surface area (TPSA) is 155 Å². The minimum atomic E-state index is 0.596. The molecule has 468 valence electrons. The van der Waals surface area contributed by atoms with E-state index in [-0.39, 0.29) is 0 Å². The Morgan fingerprint density at radius 3 is 0.810 bits per heavy atom. The van der Waals surface area contributed by atoms with E-state index in [4.69, 9.17) is 39.9 Å². The number of rotatable bonds is 11. The minimum absolute atomic E-state index is 0.596. The van der Waals surface area contributed by atoms with E-state index in [1.807, 2.05) is 97.1 Å². The van der Waals surface area contributed by atoms with Gasteiger partial charge >= 0.3 is 0 Å². The maximum absolute atomic E-state index is 5.16. The van der Waals surface area contributed by atoms with Crippen LogP contribution < -0.4 is 0 Å². The number of pyridine rings is 2. The normalized spacial score (nSPS) is 11.4. The first-order valence-corrected chi connectivity index (χ1v) is 34.1. The van der Waals surface area contributed by atoms with Gasteiger partial charge in [0.1, 0.15) is 22.1 Å². The fraction of sp³-hybridized carbons (Fsp3) is 0. The van der Waals surface area contributed by atoms with E-state index in [0.717, 1.165) is 155 Å². The molecule has 12 nitrogen and oxygen atoms in total. The van der Waals surface area contributed by atoms with Crippen LogP contribution in [0.15, 0.2) is 315 Å². The average Bonchev–Trinajstić information content (AvgIpc) is 1.19. The second kappa shape index (κ2) is 25.8. The third-order valence-electron chi connectivity index (χ3n) is 18.0. The van der Waals surface area contributed by atoms with Gasteiger partial charge in [0.05, 0.1) is 45.9 Å². The van der Waals surface area contributed by atoms with Crippen molar-refractivity contribution in [1.29, 1.82) is 0 Å². The summed E-state index contributed by atoms with van der Waals surface area (Å²) in [5.74, 6) is 3.68. The highest BCUT2D eigenvalue weighted by atomic mass is 32.1. The molecule has 6 aromatic heterocycles. The third-order valence-corrected chi connectivity index (χ3v) is 19.1. The number of aromatic nitrogens is 12. The summed E-state index contributed by atoms with van der Waals surface area (Å²) in [6, 6.07) is 108. The fourth-order valence-electron chi connectivity index (χ4n) is 13.1. The van der Waals surface area contributed by atoms with Gasteiger partial charge in [-0.05, 0) is 88.0 Å². The number of fused-ring (bicyclic) bond motifs is 10. The highest BCUT2D eigenvalue weighted by molar-refractivity contribution is 7.00. The molecule has 19 aromatic rings. The molecule has 100 heavy (non-hydrogen) atoms. The Morgan fingerprint density at radius 2 is 0.450 bits per heavy atom. The van der Waals surface area contributed by atoms with Gasteiger partial charge in [-0.2, -0.15) is 17.5 Å². The first kappa shape index (κ1) is 59.4. The zero-order valence-electron chi connectivity index (χ0n) is 53.2. The predicted octanol–water partition coefficient (Wildman–Crippen LogP) is 21.5. The number of benzene rings is 13. The molecule has 0 saturated carbocycles. The van der Waals surface area contributed by atoms with Crippen molar-refractivity contribution in [2.45, 2.75) is 0 Å². The van der Waals surface area contributed by atoms with Gasteiger partial charge in [-0.15, -0.1) is 0 Å². The van der Waals surface area contributed by atoms with Gasteiger partial charge in [0.25, 0.3) is 0 Å². The molecular formula is C86H52N12S2. The highest BCUT2D eigenvalue weighted by Crippen LogP contribution is 2.40. The fourth-order valence-corrected chi connectivity index (χ4v) is 14.2. The van der Waals surface area contributed by atoms with Crippen LogP contribution >= 0.6 is 23.5 Å². The van der Waals surface area contributed by atoms with Crippen LogP contribution in [0.25, 0.3) is 190 Å². The van der Waals surface area contributed by atoms with E-state index >= 15 is 0 Å². The molecule has 0 N–H and O–H groups in total. The Balaban J connectivity index is 0.000000145. The zero-order chi connectivity index (χ0) is 66.3. The summed E-state index contributed by atoms with van der Waals surface area (Å²) in [5, 5.41) is 6.38. The lowest BCUT2D eigenvalue weighted by molar-refractivity contribution is 1.07. The molecule has 0 aliphatic heterocycles. The van der Waals surface area contributed by atoms with Crippen LogP contribution in [-0.4, -0.2) is 57.4 Å². The van der Waals surface area contributed by atoms with Crippen molar-refractivity contribution in [1.82, 2.24) is 57.4 Å². The van der Waals surface area contributed by atoms with Crippen molar-refractivity contribution in [2.24, 2.45) is 0 Å². The van der Waals surface area contributed by atoms with E-state index in [1.54, 1.807) is 0 Å². The lowest BCUT2D eigenvalue weighted by Gasteiger charge is -2.12. The van der Waals surface area contributed by atoms with E-state index in [9.17, 15) is 0 Å². The number of hydrogen-bond acceptors (Lipinski definition) is 14. The van der Waals surface area contributed by atoms with Gasteiger partial charge in [0.2, 0.25) is 0 Å². The molecule has 14 heteroatoms. The van der Waals surface area contributed by atoms with Gasteiger partial charge in [-0.1, -0.05) is 261 Å². The highest BCUT2D eigenvalue weighted by Gasteiger charge is 2.21. The standard InChI is InChI=1S/C46H28N6S.C40H24N6S/c1-3-11-29(12-4-1)33-15-9-17-35(27-33)45-48-44(49-46(50-45)36-18-10-16-34(28-36)30-13-5-2-6-14-30)32-23-21-31(22-24-32)42-38-25-26-40-43(52-53-51-40)41(38)37-19-7-8-20-39(37)47-42;1-3-10-25(11-4-1)29-14-9-15-30(24-29)40-43-38(27-12-5-2-6-13-27)42-39(44-40)28-20-18-26(19-21-28)36-32-22-23-34-37(46-47-45-34)35(32)31-16-7-8-17-33(31)41-36/h1-28H;1-24H. The number of para-hydroxylation sites is 2. The second-order valence-corrected chi connectivity index (χ2v) is 25.2. The summed E-state index contributed by atoms with van der Waals surface area (Å²) in [6.07, 6.45) is 0. The molecule has 0 saturated heterocycles. The summed E-state index contributed by atoms with van der Waals surface area (Å²) >= 11 is 2.47. The van der Waals surface area contributed by atoms with Crippen molar-refractivity contribution in [3.05, 3.63) is 315 Å². The summed E-state index contributed by atoms with van der Waals surface area (Å²) in [5.41, 5.74) is 21.4. The van der Waals surface area contributed by atoms with E-state index in [1.165, 1.54) is 23.5 Å². The summed E-state index contributed by atoms with van der Waals surface area (Å²) in [7, 11) is 0. The Morgan fingerprint density at radius 1 is 0.170 bits per heavy atom. The largest absolute Gasteiger partial charge is 0.247 e. The lowest BCUT2D eigenvalue weighted by atomic mass is 9.98. The molecule has 0 bridgehead atoms. The Bertz CT molecular complexity index is 6170. The molecular weight excluding hydrogens is 1270 g/mol. The first-order chi connectivity index (χ1) is 49.5. The Hall–Kier alpha value is -13.1. The molecule has 0 spiro atoms. The van der Waals surface area contributed by atoms with Crippen LogP contribution in [0.1, 0.15) is 0 Å². The van der Waals surface area contributed by atoms with Crippen molar-refractivity contribution in [2.75, 3.05) is 0 Å². The van der Waals surface area contributed by atoms with Crippen LogP contribution in [0, 0.1) is 0 Å². The molecule has 0 radical (unpaired) electrons. The third kappa shape index (κ3) is 11.4. The number of hydrogen-bond donors (Lipinski definition) is 0. The van der Waals surface area contributed by atoms with Crippen LogP contribution in [0.3, 0.4) is 0 Å². The van der Waals surface area contributed by atoms with Crippen molar-refractivity contribution >= 4 is 88.9 Å². The van der Waals surface area contributed by atoms with E-state index in [0.29, 0.717) is 34.9 Å². The maximum Gasteiger partial charge on any atom is 0.164 e. The maximum atomic E-state index is 5.16. The Labute approximate surface area is 582 Å². The van der Waals surface area contributed by atoms with Crippen molar-refractivity contribution in [3.63, 3.8) is 0 Å². The smallest absolute Gasteiger partial charge is 0.164 e. The molecule has 13 aromatic carbocycles. The quantitative estimate of drug-likeness (QED) is 0.113. The molecule has 0 unspecified atom stereocenters. The molecule has 0 fully saturated rings. The van der Waals surface area contributed by atoms with Gasteiger partial charge in [-0.25, -0.2) is 39.9 Å². The van der Waals surface area contributed by atoms with E-state index < -0.39 is 0 Å². The first-order valence-electron chi connectivity index (χ1n) is 32.7. The molecule has 0 aliphatic carbocycles. The molecule has 0 atom stereocenters. The van der Waals surface area contributed by atoms with E-state index in [2.05, 4.69) is 236 Å². The van der Waals surface area contributed by atoms with Gasteiger partial charge in [-0.3, -0.25) is 0 Å². The van der Waals surface area contributed by atoms with Crippen LogP contribution in [0.4, 0.5) is 0 Å². The van der Waals surface area contributed by atoms with Gasteiger partial charge in [0.15, 0.2) is 34.9 Å². The summed E-state index contributed by atoms with van der Waals surface area (Å²) in [6.45, 7) is 0. The molecule has 19 rings (SSSR count). The monoisotopic (exact) mass is 1320 g/mol. The summed E-state index contributed by atoms with van der Waals surface area (Å²) < 4.78 is 18.3. The second-order valence-electron chi connectivity index (χ2n) is 24.2.